The zero-order valence-corrected chi connectivity index (χ0v) is 10.8. The SMILES string of the molecule is CC(CNc1cc(Cl)nc(N)n1)c1nccs1. The molecule has 0 aliphatic rings. The molecule has 0 amide bonds. The summed E-state index contributed by atoms with van der Waals surface area (Å²) >= 11 is 7.42. The summed E-state index contributed by atoms with van der Waals surface area (Å²) in [5, 5.41) is 6.55. The smallest absolute Gasteiger partial charge is 0.223 e. The van der Waals surface area contributed by atoms with Crippen molar-refractivity contribution in [2.24, 2.45) is 0 Å². The number of anilines is 2. The molecule has 2 aromatic heterocycles. The third-order valence-corrected chi connectivity index (χ3v) is 3.38. The fraction of sp³-hybridized carbons (Fsp3) is 0.300. The molecule has 3 N–H and O–H groups in total. The number of aromatic nitrogens is 3. The van der Waals surface area contributed by atoms with Gasteiger partial charge in [-0.25, -0.2) is 9.97 Å². The number of hydrogen-bond donors (Lipinski definition) is 2. The highest BCUT2D eigenvalue weighted by atomic mass is 35.5. The third-order valence-electron chi connectivity index (χ3n) is 2.17. The van der Waals surface area contributed by atoms with E-state index in [4.69, 9.17) is 17.3 Å². The zero-order chi connectivity index (χ0) is 12.3. The van der Waals surface area contributed by atoms with Crippen molar-refractivity contribution >= 4 is 34.7 Å². The van der Waals surface area contributed by atoms with Gasteiger partial charge in [0.15, 0.2) is 0 Å². The fourth-order valence-electron chi connectivity index (χ4n) is 1.35. The maximum atomic E-state index is 5.78. The van der Waals surface area contributed by atoms with Crippen LogP contribution >= 0.6 is 22.9 Å². The summed E-state index contributed by atoms with van der Waals surface area (Å²) in [4.78, 5) is 12.1. The van der Waals surface area contributed by atoms with Crippen molar-refractivity contribution in [3.05, 3.63) is 27.8 Å². The standard InChI is InChI=1S/C10H12ClN5S/c1-6(9-13-2-3-17-9)5-14-8-4-7(11)15-10(12)16-8/h2-4,6H,5H2,1H3,(H3,12,14,15,16). The molecule has 0 aromatic carbocycles. The van der Waals surface area contributed by atoms with Crippen LogP contribution in [0.25, 0.3) is 0 Å². The summed E-state index contributed by atoms with van der Waals surface area (Å²) in [7, 11) is 0. The van der Waals surface area contributed by atoms with Crippen molar-refractivity contribution in [1.29, 1.82) is 0 Å². The molecular weight excluding hydrogens is 258 g/mol. The van der Waals surface area contributed by atoms with E-state index in [1.807, 2.05) is 5.38 Å². The molecule has 17 heavy (non-hydrogen) atoms. The average molecular weight is 270 g/mol. The number of halogens is 1. The average Bonchev–Trinajstić information content (AvgIpc) is 2.78. The zero-order valence-electron chi connectivity index (χ0n) is 9.22. The lowest BCUT2D eigenvalue weighted by Crippen LogP contribution is -2.11. The van der Waals surface area contributed by atoms with Gasteiger partial charge in [-0.1, -0.05) is 18.5 Å². The molecule has 5 nitrogen and oxygen atoms in total. The van der Waals surface area contributed by atoms with Gasteiger partial charge >= 0.3 is 0 Å². The summed E-state index contributed by atoms with van der Waals surface area (Å²) in [5.74, 6) is 1.11. The van der Waals surface area contributed by atoms with Gasteiger partial charge in [0.25, 0.3) is 0 Å². The Hall–Kier alpha value is -1.40. The minimum atomic E-state index is 0.168. The Bertz CT molecular complexity index is 467. The first kappa shape index (κ1) is 12.1. The van der Waals surface area contributed by atoms with Crippen LogP contribution in [-0.4, -0.2) is 21.5 Å². The Morgan fingerprint density at radius 1 is 1.53 bits per heavy atom. The number of nitrogens with two attached hydrogens (primary N) is 1. The van der Waals surface area contributed by atoms with Crippen LogP contribution in [0.5, 0.6) is 0 Å². The lowest BCUT2D eigenvalue weighted by atomic mass is 10.2. The molecule has 2 aromatic rings. The summed E-state index contributed by atoms with van der Waals surface area (Å²) in [6.45, 7) is 2.82. The predicted octanol–water partition coefficient (Wildman–Crippen LogP) is 2.38. The van der Waals surface area contributed by atoms with Crippen molar-refractivity contribution in [3.63, 3.8) is 0 Å². The van der Waals surface area contributed by atoms with Crippen LogP contribution in [0.1, 0.15) is 17.8 Å². The normalized spacial score (nSPS) is 12.4. The van der Waals surface area contributed by atoms with Crippen molar-refractivity contribution in [1.82, 2.24) is 15.0 Å². The van der Waals surface area contributed by atoms with E-state index in [0.717, 1.165) is 11.6 Å². The second kappa shape index (κ2) is 5.29. The summed E-state index contributed by atoms with van der Waals surface area (Å²) in [5.41, 5.74) is 5.50. The molecule has 0 aliphatic heterocycles. The number of thiazole rings is 1. The molecule has 0 saturated heterocycles. The van der Waals surface area contributed by atoms with E-state index >= 15 is 0 Å². The quantitative estimate of drug-likeness (QED) is 0.834. The van der Waals surface area contributed by atoms with Crippen molar-refractivity contribution in [3.8, 4) is 0 Å². The number of hydrogen-bond acceptors (Lipinski definition) is 6. The maximum absolute atomic E-state index is 5.78. The first-order valence-electron chi connectivity index (χ1n) is 5.08. The van der Waals surface area contributed by atoms with Gasteiger partial charge in [0.1, 0.15) is 11.0 Å². The van der Waals surface area contributed by atoms with Crippen molar-refractivity contribution in [2.45, 2.75) is 12.8 Å². The molecule has 1 unspecified atom stereocenters. The lowest BCUT2D eigenvalue weighted by molar-refractivity contribution is 0.791. The van der Waals surface area contributed by atoms with E-state index < -0.39 is 0 Å². The van der Waals surface area contributed by atoms with E-state index in [9.17, 15) is 0 Å². The van der Waals surface area contributed by atoms with E-state index in [0.29, 0.717) is 16.9 Å². The molecular formula is C10H12ClN5S. The second-order valence-electron chi connectivity index (χ2n) is 3.59. The van der Waals surface area contributed by atoms with E-state index in [-0.39, 0.29) is 5.95 Å². The molecule has 0 aliphatic carbocycles. The van der Waals surface area contributed by atoms with Crippen molar-refractivity contribution in [2.75, 3.05) is 17.6 Å². The molecule has 2 heterocycles. The minimum absolute atomic E-state index is 0.168. The Balaban J connectivity index is 1.98. The van der Waals surface area contributed by atoms with Gasteiger partial charge < -0.3 is 11.1 Å². The first-order chi connectivity index (χ1) is 8.15. The molecule has 0 saturated carbocycles. The van der Waals surface area contributed by atoms with Crippen LogP contribution in [0.4, 0.5) is 11.8 Å². The molecule has 0 radical (unpaired) electrons. The highest BCUT2D eigenvalue weighted by molar-refractivity contribution is 7.09. The van der Waals surface area contributed by atoms with Gasteiger partial charge in [-0.2, -0.15) is 4.98 Å². The van der Waals surface area contributed by atoms with Crippen LogP contribution in [0, 0.1) is 0 Å². The van der Waals surface area contributed by atoms with Crippen LogP contribution in [0.3, 0.4) is 0 Å². The molecule has 1 atom stereocenters. The Morgan fingerprint density at radius 3 is 3.00 bits per heavy atom. The highest BCUT2D eigenvalue weighted by Crippen LogP contribution is 2.19. The largest absolute Gasteiger partial charge is 0.369 e. The maximum Gasteiger partial charge on any atom is 0.223 e. The number of nitrogens with one attached hydrogen (secondary N) is 1. The Labute approximate surface area is 108 Å². The summed E-state index contributed by atoms with van der Waals surface area (Å²) < 4.78 is 0. The predicted molar refractivity (Wildman–Crippen MR) is 70.5 cm³/mol. The molecule has 7 heteroatoms. The second-order valence-corrected chi connectivity index (χ2v) is 4.90. The van der Waals surface area contributed by atoms with E-state index in [1.165, 1.54) is 0 Å². The number of rotatable bonds is 4. The highest BCUT2D eigenvalue weighted by Gasteiger charge is 2.08. The van der Waals surface area contributed by atoms with Gasteiger partial charge in [0, 0.05) is 30.1 Å². The third kappa shape index (κ3) is 3.28. The lowest BCUT2D eigenvalue weighted by Gasteiger charge is -2.10. The van der Waals surface area contributed by atoms with Crippen LogP contribution in [-0.2, 0) is 0 Å². The fourth-order valence-corrected chi connectivity index (χ4v) is 2.24. The van der Waals surface area contributed by atoms with Crippen LogP contribution in [0.15, 0.2) is 17.6 Å². The molecule has 2 rings (SSSR count). The topological polar surface area (TPSA) is 76.7 Å². The van der Waals surface area contributed by atoms with Crippen LogP contribution in [0.2, 0.25) is 5.15 Å². The van der Waals surface area contributed by atoms with Gasteiger partial charge in [-0.05, 0) is 0 Å². The molecule has 0 fully saturated rings. The molecule has 90 valence electrons. The Morgan fingerprint density at radius 2 is 2.35 bits per heavy atom. The molecule has 0 spiro atoms. The summed E-state index contributed by atoms with van der Waals surface area (Å²) in [6, 6.07) is 1.65. The van der Waals surface area contributed by atoms with Gasteiger partial charge in [0.05, 0.1) is 5.01 Å². The van der Waals surface area contributed by atoms with Gasteiger partial charge in [0.2, 0.25) is 5.95 Å². The number of nitrogen functional groups attached to an aromatic ring is 1. The Kier molecular flexibility index (Phi) is 3.75. The van der Waals surface area contributed by atoms with E-state index in [2.05, 4.69) is 27.2 Å². The van der Waals surface area contributed by atoms with Crippen LogP contribution < -0.4 is 11.1 Å². The first-order valence-corrected chi connectivity index (χ1v) is 6.34. The summed E-state index contributed by atoms with van der Waals surface area (Å²) in [6.07, 6.45) is 1.80. The molecule has 0 bridgehead atoms. The monoisotopic (exact) mass is 269 g/mol. The van der Waals surface area contributed by atoms with Gasteiger partial charge in [-0.15, -0.1) is 11.3 Å². The van der Waals surface area contributed by atoms with E-state index in [1.54, 1.807) is 23.6 Å². The number of nitrogens with zero attached hydrogens (tertiary/aromatic N) is 3. The van der Waals surface area contributed by atoms with Crippen molar-refractivity contribution < 1.29 is 0 Å². The van der Waals surface area contributed by atoms with Gasteiger partial charge in [-0.3, -0.25) is 0 Å². The minimum Gasteiger partial charge on any atom is -0.369 e.